The molecule has 2 heterocycles. The third-order valence-corrected chi connectivity index (χ3v) is 4.78. The van der Waals surface area contributed by atoms with Crippen LogP contribution in [0, 0.1) is 0 Å². The minimum absolute atomic E-state index is 0.0708. The summed E-state index contributed by atoms with van der Waals surface area (Å²) < 4.78 is 0. The van der Waals surface area contributed by atoms with Gasteiger partial charge in [-0.2, -0.15) is 0 Å². The first-order chi connectivity index (χ1) is 9.74. The van der Waals surface area contributed by atoms with Gasteiger partial charge in [-0.25, -0.2) is 0 Å². The van der Waals surface area contributed by atoms with Gasteiger partial charge in [0.05, 0.1) is 12.1 Å². The highest BCUT2D eigenvalue weighted by molar-refractivity contribution is 7.10. The van der Waals surface area contributed by atoms with E-state index >= 15 is 0 Å². The lowest BCUT2D eigenvalue weighted by Gasteiger charge is -2.26. The smallest absolute Gasteiger partial charge is 0.237 e. The van der Waals surface area contributed by atoms with Crippen LogP contribution in [-0.4, -0.2) is 11.9 Å². The van der Waals surface area contributed by atoms with Crippen LogP contribution in [0.2, 0.25) is 0 Å². The van der Waals surface area contributed by atoms with Gasteiger partial charge in [0.1, 0.15) is 0 Å². The molecule has 0 bridgehead atoms. The first-order valence-electron chi connectivity index (χ1n) is 6.88. The largest absolute Gasteiger partial charge is 0.347 e. The standard InChI is InChI=1S/C16H18N2OS/c1-11(15-7-4-8-20-15)18-16(19)14-9-12-5-2-3-6-13(12)10-17-14/h2-8,11,14,17H,9-10H2,1H3,(H,18,19). The van der Waals surface area contributed by atoms with Gasteiger partial charge >= 0.3 is 0 Å². The molecule has 0 fully saturated rings. The van der Waals surface area contributed by atoms with E-state index in [4.69, 9.17) is 0 Å². The summed E-state index contributed by atoms with van der Waals surface area (Å²) in [6, 6.07) is 12.3. The van der Waals surface area contributed by atoms with Gasteiger partial charge in [0, 0.05) is 11.4 Å². The Labute approximate surface area is 123 Å². The van der Waals surface area contributed by atoms with E-state index in [1.807, 2.05) is 30.5 Å². The lowest BCUT2D eigenvalue weighted by Crippen LogP contribution is -2.48. The molecule has 2 unspecified atom stereocenters. The van der Waals surface area contributed by atoms with E-state index in [0.717, 1.165) is 13.0 Å². The number of carbonyl (C=O) groups excluding carboxylic acids is 1. The molecular weight excluding hydrogens is 268 g/mol. The molecule has 1 aliphatic rings. The quantitative estimate of drug-likeness (QED) is 0.910. The number of benzene rings is 1. The van der Waals surface area contributed by atoms with Crippen LogP contribution in [0.4, 0.5) is 0 Å². The summed E-state index contributed by atoms with van der Waals surface area (Å²) in [5, 5.41) is 8.44. The van der Waals surface area contributed by atoms with Crippen molar-refractivity contribution in [1.82, 2.24) is 10.6 Å². The van der Waals surface area contributed by atoms with Crippen LogP contribution in [-0.2, 0) is 17.8 Å². The van der Waals surface area contributed by atoms with Crippen LogP contribution < -0.4 is 10.6 Å². The summed E-state index contributed by atoms with van der Waals surface area (Å²) in [6.45, 7) is 2.79. The molecule has 3 rings (SSSR count). The zero-order chi connectivity index (χ0) is 13.9. The normalized spacial score (nSPS) is 19.1. The predicted molar refractivity (Wildman–Crippen MR) is 81.7 cm³/mol. The maximum Gasteiger partial charge on any atom is 0.237 e. The number of fused-ring (bicyclic) bond motifs is 1. The number of thiophene rings is 1. The first-order valence-corrected chi connectivity index (χ1v) is 7.76. The second-order valence-electron chi connectivity index (χ2n) is 5.15. The van der Waals surface area contributed by atoms with E-state index < -0.39 is 0 Å². The molecule has 1 aromatic heterocycles. The number of hydrogen-bond acceptors (Lipinski definition) is 3. The molecule has 20 heavy (non-hydrogen) atoms. The van der Waals surface area contributed by atoms with E-state index in [9.17, 15) is 4.79 Å². The number of nitrogens with one attached hydrogen (secondary N) is 2. The molecule has 0 saturated carbocycles. The van der Waals surface area contributed by atoms with Crippen molar-refractivity contribution < 1.29 is 4.79 Å². The van der Waals surface area contributed by atoms with Crippen molar-refractivity contribution in [2.75, 3.05) is 0 Å². The van der Waals surface area contributed by atoms with Crippen molar-refractivity contribution in [3.8, 4) is 0 Å². The maximum atomic E-state index is 12.3. The molecule has 2 atom stereocenters. The third-order valence-electron chi connectivity index (χ3n) is 3.73. The molecule has 3 nitrogen and oxygen atoms in total. The lowest BCUT2D eigenvalue weighted by atomic mass is 9.95. The average Bonchev–Trinajstić information content (AvgIpc) is 3.01. The molecule has 0 spiro atoms. The zero-order valence-electron chi connectivity index (χ0n) is 11.4. The summed E-state index contributed by atoms with van der Waals surface area (Å²) >= 11 is 1.67. The molecule has 4 heteroatoms. The Hall–Kier alpha value is -1.65. The molecule has 0 aliphatic carbocycles. The average molecular weight is 286 g/mol. The van der Waals surface area contributed by atoms with Crippen molar-refractivity contribution in [2.45, 2.75) is 32.0 Å². The zero-order valence-corrected chi connectivity index (χ0v) is 12.2. The topological polar surface area (TPSA) is 41.1 Å². The van der Waals surface area contributed by atoms with Crippen molar-refractivity contribution in [3.05, 3.63) is 57.8 Å². The van der Waals surface area contributed by atoms with E-state index in [1.54, 1.807) is 11.3 Å². The molecule has 0 radical (unpaired) electrons. The molecule has 1 aliphatic heterocycles. The van der Waals surface area contributed by atoms with E-state index in [0.29, 0.717) is 0 Å². The van der Waals surface area contributed by atoms with E-state index in [1.165, 1.54) is 16.0 Å². The Bertz CT molecular complexity index is 594. The first kappa shape index (κ1) is 13.3. The predicted octanol–water partition coefficient (Wildman–Crippen LogP) is 2.64. The monoisotopic (exact) mass is 286 g/mol. The van der Waals surface area contributed by atoms with Crippen LogP contribution >= 0.6 is 11.3 Å². The molecule has 2 N–H and O–H groups in total. The van der Waals surface area contributed by atoms with E-state index in [2.05, 4.69) is 28.8 Å². The third kappa shape index (κ3) is 2.76. The maximum absolute atomic E-state index is 12.3. The number of carbonyl (C=O) groups is 1. The Balaban J connectivity index is 1.64. The second-order valence-corrected chi connectivity index (χ2v) is 6.13. The van der Waals surface area contributed by atoms with Crippen molar-refractivity contribution >= 4 is 17.2 Å². The Morgan fingerprint density at radius 2 is 2.10 bits per heavy atom. The van der Waals surface area contributed by atoms with Crippen LogP contribution in [0.25, 0.3) is 0 Å². The molecule has 104 valence electrons. The molecular formula is C16H18N2OS. The highest BCUT2D eigenvalue weighted by Crippen LogP contribution is 2.20. The summed E-state index contributed by atoms with van der Waals surface area (Å²) in [6.07, 6.45) is 0.763. The van der Waals surface area contributed by atoms with Gasteiger partial charge in [-0.05, 0) is 35.9 Å². The van der Waals surface area contributed by atoms with Crippen molar-refractivity contribution in [2.24, 2.45) is 0 Å². The van der Waals surface area contributed by atoms with Crippen LogP contribution in [0.1, 0.15) is 29.0 Å². The highest BCUT2D eigenvalue weighted by Gasteiger charge is 2.25. The fourth-order valence-electron chi connectivity index (χ4n) is 2.56. The molecule has 1 amide bonds. The van der Waals surface area contributed by atoms with Gasteiger partial charge in [-0.1, -0.05) is 30.3 Å². The van der Waals surface area contributed by atoms with Gasteiger partial charge in [0.15, 0.2) is 0 Å². The fraction of sp³-hybridized carbons (Fsp3) is 0.312. The number of amides is 1. The Kier molecular flexibility index (Phi) is 3.85. The summed E-state index contributed by atoms with van der Waals surface area (Å²) in [5.41, 5.74) is 2.57. The fourth-order valence-corrected chi connectivity index (χ4v) is 3.30. The number of rotatable bonds is 3. The molecule has 2 aromatic rings. The van der Waals surface area contributed by atoms with Crippen molar-refractivity contribution in [1.29, 1.82) is 0 Å². The highest BCUT2D eigenvalue weighted by atomic mass is 32.1. The van der Waals surface area contributed by atoms with Crippen LogP contribution in [0.5, 0.6) is 0 Å². The Morgan fingerprint density at radius 1 is 1.30 bits per heavy atom. The minimum Gasteiger partial charge on any atom is -0.347 e. The summed E-state index contributed by atoms with van der Waals surface area (Å²) in [7, 11) is 0. The molecule has 0 saturated heterocycles. The summed E-state index contributed by atoms with van der Waals surface area (Å²) in [4.78, 5) is 13.5. The minimum atomic E-state index is -0.132. The van der Waals surface area contributed by atoms with Crippen LogP contribution in [0.15, 0.2) is 41.8 Å². The lowest BCUT2D eigenvalue weighted by molar-refractivity contribution is -0.123. The van der Waals surface area contributed by atoms with Crippen molar-refractivity contribution in [3.63, 3.8) is 0 Å². The second kappa shape index (κ2) is 5.77. The molecule has 1 aromatic carbocycles. The SMILES string of the molecule is CC(NC(=O)C1Cc2ccccc2CN1)c1cccs1. The van der Waals surface area contributed by atoms with Gasteiger partial charge in [-0.15, -0.1) is 11.3 Å². The van der Waals surface area contributed by atoms with Gasteiger partial charge < -0.3 is 10.6 Å². The van der Waals surface area contributed by atoms with E-state index in [-0.39, 0.29) is 18.0 Å². The Morgan fingerprint density at radius 3 is 2.85 bits per heavy atom. The van der Waals surface area contributed by atoms with Crippen LogP contribution in [0.3, 0.4) is 0 Å². The van der Waals surface area contributed by atoms with Gasteiger partial charge in [-0.3, -0.25) is 4.79 Å². The summed E-state index contributed by atoms with van der Waals surface area (Å²) in [5.74, 6) is 0.0837. The van der Waals surface area contributed by atoms with Gasteiger partial charge in [0.25, 0.3) is 0 Å². The number of hydrogen-bond donors (Lipinski definition) is 2. The van der Waals surface area contributed by atoms with Gasteiger partial charge in [0.2, 0.25) is 5.91 Å².